The minimum Gasteiger partial charge on any atom is -0.352 e. The van der Waals surface area contributed by atoms with Gasteiger partial charge in [0, 0.05) is 12.1 Å². The summed E-state index contributed by atoms with van der Waals surface area (Å²) in [5, 5.41) is 2.82. The lowest BCUT2D eigenvalue weighted by Gasteiger charge is -2.12. The Hall–Kier alpha value is -2.41. The first-order valence-corrected chi connectivity index (χ1v) is 9.75. The molecule has 7 heteroatoms. The van der Waals surface area contributed by atoms with Crippen LogP contribution < -0.4 is 10.0 Å². The van der Waals surface area contributed by atoms with Gasteiger partial charge in [-0.05, 0) is 55.2 Å². The number of nitrogens with one attached hydrogen (secondary N) is 2. The Labute approximate surface area is 147 Å². The molecule has 0 aliphatic rings. The highest BCUT2D eigenvalue weighted by molar-refractivity contribution is 7.92. The normalized spacial score (nSPS) is 11.2. The molecule has 0 spiro atoms. The van der Waals surface area contributed by atoms with Crippen LogP contribution >= 0.6 is 0 Å². The average Bonchev–Trinajstić information content (AvgIpc) is 2.54. The van der Waals surface area contributed by atoms with Crippen LogP contribution in [0.25, 0.3) is 0 Å². The van der Waals surface area contributed by atoms with E-state index in [1.54, 1.807) is 37.3 Å². The lowest BCUT2D eigenvalue weighted by molar-refractivity contribution is 0.0952. The summed E-state index contributed by atoms with van der Waals surface area (Å²) in [6.07, 6.45) is 2.52. The number of carbonyl (C=O) groups excluding carboxylic acids is 1. The van der Waals surface area contributed by atoms with E-state index in [2.05, 4.69) is 10.0 Å². The van der Waals surface area contributed by atoms with Crippen LogP contribution in [-0.2, 0) is 16.4 Å². The fourth-order valence-electron chi connectivity index (χ4n) is 2.43. The molecule has 5 nitrogen and oxygen atoms in total. The number of hydrogen-bond acceptors (Lipinski definition) is 3. The molecule has 0 bridgehead atoms. The number of anilines is 1. The summed E-state index contributed by atoms with van der Waals surface area (Å²) in [6.45, 7) is 2.17. The third-order valence-corrected chi connectivity index (χ3v) is 4.31. The molecule has 134 valence electrons. The van der Waals surface area contributed by atoms with Gasteiger partial charge in [0.05, 0.1) is 11.9 Å². The Morgan fingerprint density at radius 3 is 2.44 bits per heavy atom. The Morgan fingerprint density at radius 2 is 1.80 bits per heavy atom. The first-order chi connectivity index (χ1) is 11.8. The van der Waals surface area contributed by atoms with Crippen molar-refractivity contribution in [1.82, 2.24) is 5.32 Å². The van der Waals surface area contributed by atoms with E-state index in [0.717, 1.165) is 24.7 Å². The van der Waals surface area contributed by atoms with Gasteiger partial charge in [-0.3, -0.25) is 9.52 Å². The summed E-state index contributed by atoms with van der Waals surface area (Å²) in [7, 11) is -3.41. The highest BCUT2D eigenvalue weighted by Gasteiger charge is 2.13. The van der Waals surface area contributed by atoms with E-state index in [9.17, 15) is 17.6 Å². The van der Waals surface area contributed by atoms with Crippen LogP contribution in [0.3, 0.4) is 0 Å². The predicted octanol–water partition coefficient (Wildman–Crippen LogP) is 2.87. The second-order valence-electron chi connectivity index (χ2n) is 5.84. The molecule has 2 aromatic rings. The van der Waals surface area contributed by atoms with E-state index in [-0.39, 0.29) is 11.7 Å². The smallest absolute Gasteiger partial charge is 0.251 e. The number of amides is 1. The van der Waals surface area contributed by atoms with Gasteiger partial charge in [-0.15, -0.1) is 0 Å². The summed E-state index contributed by atoms with van der Waals surface area (Å²) in [4.78, 5) is 12.3. The number of hydrogen-bond donors (Lipinski definition) is 2. The molecule has 1 amide bonds. The number of carbonyl (C=O) groups is 1. The van der Waals surface area contributed by atoms with E-state index in [1.165, 1.54) is 12.1 Å². The minimum atomic E-state index is -3.41. The Kier molecular flexibility index (Phi) is 6.14. The maximum Gasteiger partial charge on any atom is 0.251 e. The molecule has 0 saturated carbocycles. The van der Waals surface area contributed by atoms with Crippen LogP contribution in [0.2, 0.25) is 0 Å². The Morgan fingerprint density at radius 1 is 1.12 bits per heavy atom. The van der Waals surface area contributed by atoms with Crippen molar-refractivity contribution in [3.05, 3.63) is 65.0 Å². The molecule has 2 rings (SSSR count). The van der Waals surface area contributed by atoms with Crippen LogP contribution in [0.5, 0.6) is 0 Å². The molecule has 0 aliphatic heterocycles. The van der Waals surface area contributed by atoms with E-state index in [1.807, 2.05) is 0 Å². The Balaban J connectivity index is 1.92. The first kappa shape index (κ1) is 18.9. The molecule has 0 radical (unpaired) electrons. The molecule has 0 fully saturated rings. The maximum atomic E-state index is 12.8. The average molecular weight is 364 g/mol. The number of aryl methyl sites for hydroxylation is 1. The zero-order valence-electron chi connectivity index (χ0n) is 14.2. The van der Waals surface area contributed by atoms with Crippen LogP contribution in [0.4, 0.5) is 10.1 Å². The second kappa shape index (κ2) is 8.11. The van der Waals surface area contributed by atoms with Gasteiger partial charge < -0.3 is 5.32 Å². The van der Waals surface area contributed by atoms with Crippen molar-refractivity contribution in [3.63, 3.8) is 0 Å². The van der Waals surface area contributed by atoms with Gasteiger partial charge in [-0.25, -0.2) is 12.8 Å². The molecular formula is C18H21FN2O3S. The SMILES string of the molecule is Cc1c(NS(C)(=O)=O)cccc1C(=O)NCCCc1ccc(F)cc1. The summed E-state index contributed by atoms with van der Waals surface area (Å²) in [5.74, 6) is -0.524. The fraction of sp³-hybridized carbons (Fsp3) is 0.278. The molecule has 0 atom stereocenters. The topological polar surface area (TPSA) is 75.3 Å². The highest BCUT2D eigenvalue weighted by atomic mass is 32.2. The fourth-order valence-corrected chi connectivity index (χ4v) is 3.05. The van der Waals surface area contributed by atoms with E-state index in [0.29, 0.717) is 23.4 Å². The Bertz CT molecular complexity index is 849. The molecule has 0 saturated heterocycles. The van der Waals surface area contributed by atoms with Crippen molar-refractivity contribution < 1.29 is 17.6 Å². The maximum absolute atomic E-state index is 12.8. The van der Waals surface area contributed by atoms with Gasteiger partial charge in [-0.1, -0.05) is 18.2 Å². The minimum absolute atomic E-state index is 0.256. The van der Waals surface area contributed by atoms with E-state index >= 15 is 0 Å². The van der Waals surface area contributed by atoms with Gasteiger partial charge >= 0.3 is 0 Å². The monoisotopic (exact) mass is 364 g/mol. The number of benzene rings is 2. The number of rotatable bonds is 7. The van der Waals surface area contributed by atoms with E-state index < -0.39 is 10.0 Å². The molecule has 0 aliphatic carbocycles. The van der Waals surface area contributed by atoms with E-state index in [4.69, 9.17) is 0 Å². The van der Waals surface area contributed by atoms with Gasteiger partial charge in [0.2, 0.25) is 10.0 Å². The van der Waals surface area contributed by atoms with Gasteiger partial charge in [-0.2, -0.15) is 0 Å². The van der Waals surface area contributed by atoms with Crippen LogP contribution in [0.15, 0.2) is 42.5 Å². The predicted molar refractivity (Wildman–Crippen MR) is 96.7 cm³/mol. The summed E-state index contributed by atoms with van der Waals surface area (Å²) in [6, 6.07) is 11.2. The largest absolute Gasteiger partial charge is 0.352 e. The van der Waals surface area contributed by atoms with Crippen molar-refractivity contribution in [2.75, 3.05) is 17.5 Å². The molecule has 25 heavy (non-hydrogen) atoms. The number of sulfonamides is 1. The van der Waals surface area contributed by atoms with Crippen LogP contribution in [0, 0.1) is 12.7 Å². The lowest BCUT2D eigenvalue weighted by Crippen LogP contribution is -2.26. The van der Waals surface area contributed by atoms with Crippen LogP contribution in [-0.4, -0.2) is 27.1 Å². The molecule has 2 aromatic carbocycles. The van der Waals surface area contributed by atoms with Crippen molar-refractivity contribution in [2.24, 2.45) is 0 Å². The number of halogens is 1. The highest BCUT2D eigenvalue weighted by Crippen LogP contribution is 2.19. The van der Waals surface area contributed by atoms with Crippen molar-refractivity contribution in [3.8, 4) is 0 Å². The third-order valence-electron chi connectivity index (χ3n) is 3.71. The first-order valence-electron chi connectivity index (χ1n) is 7.86. The van der Waals surface area contributed by atoms with Gasteiger partial charge in [0.15, 0.2) is 0 Å². The molecule has 0 unspecified atom stereocenters. The quantitative estimate of drug-likeness (QED) is 0.742. The summed E-state index contributed by atoms with van der Waals surface area (Å²) in [5.41, 5.74) is 2.40. The molecule has 0 aromatic heterocycles. The summed E-state index contributed by atoms with van der Waals surface area (Å²) >= 11 is 0. The van der Waals surface area contributed by atoms with Crippen molar-refractivity contribution in [1.29, 1.82) is 0 Å². The molecular weight excluding hydrogens is 343 g/mol. The van der Waals surface area contributed by atoms with Crippen molar-refractivity contribution >= 4 is 21.6 Å². The van der Waals surface area contributed by atoms with Gasteiger partial charge in [0.1, 0.15) is 5.82 Å². The third kappa shape index (κ3) is 5.86. The standard InChI is InChI=1S/C18H21FN2O3S/c1-13-16(6-3-7-17(13)21-25(2,23)24)18(22)20-12-4-5-14-8-10-15(19)11-9-14/h3,6-11,21H,4-5,12H2,1-2H3,(H,20,22). The lowest BCUT2D eigenvalue weighted by atomic mass is 10.1. The second-order valence-corrected chi connectivity index (χ2v) is 7.59. The van der Waals surface area contributed by atoms with Crippen molar-refractivity contribution in [2.45, 2.75) is 19.8 Å². The zero-order valence-corrected chi connectivity index (χ0v) is 15.0. The summed E-state index contributed by atoms with van der Waals surface area (Å²) < 4.78 is 38.0. The van der Waals surface area contributed by atoms with Crippen LogP contribution in [0.1, 0.15) is 27.9 Å². The molecule has 2 N–H and O–H groups in total. The van der Waals surface area contributed by atoms with Gasteiger partial charge in [0.25, 0.3) is 5.91 Å². The molecule has 0 heterocycles. The zero-order chi connectivity index (χ0) is 18.4.